The minimum atomic E-state index is -0.912. The molecule has 0 unspecified atom stereocenters. The van der Waals surface area contributed by atoms with Crippen molar-refractivity contribution < 1.29 is 20.4 Å². The Bertz CT molecular complexity index is 155. The molecule has 4 N–H and O–H groups in total. The highest BCUT2D eigenvalue weighted by molar-refractivity contribution is 4.88. The summed E-state index contributed by atoms with van der Waals surface area (Å²) in [6.45, 7) is 0.830. The minimum absolute atomic E-state index is 0.000679. The second kappa shape index (κ2) is 4.88. The van der Waals surface area contributed by atoms with Crippen molar-refractivity contribution in [3.05, 3.63) is 0 Å². The lowest BCUT2D eigenvalue weighted by atomic mass is 9.96. The molecule has 1 fully saturated rings. The first-order chi connectivity index (χ1) is 6.20. The van der Waals surface area contributed by atoms with Crippen LogP contribution in [0.15, 0.2) is 0 Å². The lowest BCUT2D eigenvalue weighted by Crippen LogP contribution is -2.56. The van der Waals surface area contributed by atoms with Crippen LogP contribution in [-0.2, 0) is 0 Å². The Labute approximate surface area is 77.2 Å². The molecule has 0 bridgehead atoms. The zero-order valence-corrected chi connectivity index (χ0v) is 7.50. The summed E-state index contributed by atoms with van der Waals surface area (Å²) in [4.78, 5) is 1.79. The molecular weight excluding hydrogens is 174 g/mol. The predicted octanol–water partition coefficient (Wildman–Crippen LogP) is -2.23. The van der Waals surface area contributed by atoms with Gasteiger partial charge < -0.3 is 20.4 Å². The molecule has 0 aromatic carbocycles. The fraction of sp³-hybridized carbons (Fsp3) is 1.00. The Morgan fingerprint density at radius 1 is 1.23 bits per heavy atom. The van der Waals surface area contributed by atoms with Crippen molar-refractivity contribution in [3.8, 4) is 0 Å². The molecule has 0 aromatic rings. The summed E-state index contributed by atoms with van der Waals surface area (Å²) in [5.74, 6) is 0. The second-order valence-corrected chi connectivity index (χ2v) is 3.36. The van der Waals surface area contributed by atoms with E-state index in [2.05, 4.69) is 0 Å². The van der Waals surface area contributed by atoms with Gasteiger partial charge in [0.25, 0.3) is 0 Å². The Kier molecular flexibility index (Phi) is 4.08. The van der Waals surface area contributed by atoms with Crippen LogP contribution in [0.4, 0.5) is 0 Å². The van der Waals surface area contributed by atoms with Crippen molar-refractivity contribution in [2.75, 3.05) is 26.3 Å². The number of aliphatic hydroxyl groups excluding tert-OH is 4. The number of likely N-dealkylation sites (tertiary alicyclic amines) is 1. The van der Waals surface area contributed by atoms with E-state index in [9.17, 15) is 10.2 Å². The van der Waals surface area contributed by atoms with Crippen molar-refractivity contribution in [1.29, 1.82) is 0 Å². The average Bonchev–Trinajstić information content (AvgIpc) is 2.12. The maximum Gasteiger partial charge on any atom is 0.0976 e. The number of nitrogens with zero attached hydrogens (tertiary/aromatic N) is 1. The molecule has 0 radical (unpaired) electrons. The third kappa shape index (κ3) is 2.38. The molecule has 0 aliphatic carbocycles. The molecule has 0 amide bonds. The van der Waals surface area contributed by atoms with Gasteiger partial charge in [-0.15, -0.1) is 0 Å². The summed E-state index contributed by atoms with van der Waals surface area (Å²) in [6, 6.07) is -0.448. The first-order valence-corrected chi connectivity index (χ1v) is 4.52. The van der Waals surface area contributed by atoms with Crippen molar-refractivity contribution in [2.45, 2.75) is 24.7 Å². The van der Waals surface area contributed by atoms with Gasteiger partial charge in [0.1, 0.15) is 0 Å². The van der Waals surface area contributed by atoms with Gasteiger partial charge in [0.15, 0.2) is 0 Å². The molecule has 5 nitrogen and oxygen atoms in total. The van der Waals surface area contributed by atoms with E-state index in [0.717, 1.165) is 0 Å². The zero-order valence-electron chi connectivity index (χ0n) is 7.50. The molecule has 3 atom stereocenters. The average molecular weight is 191 g/mol. The van der Waals surface area contributed by atoms with E-state index in [1.807, 2.05) is 0 Å². The normalized spacial score (nSPS) is 36.5. The van der Waals surface area contributed by atoms with E-state index in [0.29, 0.717) is 19.5 Å². The van der Waals surface area contributed by atoms with Crippen LogP contribution < -0.4 is 0 Å². The number of aliphatic hydroxyl groups is 4. The van der Waals surface area contributed by atoms with Crippen LogP contribution in [0, 0.1) is 0 Å². The van der Waals surface area contributed by atoms with E-state index >= 15 is 0 Å². The molecule has 1 rings (SSSR count). The van der Waals surface area contributed by atoms with E-state index in [-0.39, 0.29) is 13.2 Å². The van der Waals surface area contributed by atoms with Gasteiger partial charge in [-0.05, 0) is 6.42 Å². The lowest BCUT2D eigenvalue weighted by Gasteiger charge is -2.40. The summed E-state index contributed by atoms with van der Waals surface area (Å²) in [6.07, 6.45) is -1.19. The smallest absolute Gasteiger partial charge is 0.0976 e. The molecule has 5 heteroatoms. The fourth-order valence-corrected chi connectivity index (χ4v) is 1.74. The van der Waals surface area contributed by atoms with Crippen LogP contribution in [0.2, 0.25) is 0 Å². The first-order valence-electron chi connectivity index (χ1n) is 4.52. The third-order valence-corrected chi connectivity index (χ3v) is 2.54. The van der Waals surface area contributed by atoms with Crippen LogP contribution in [0.1, 0.15) is 6.42 Å². The van der Waals surface area contributed by atoms with Gasteiger partial charge in [-0.3, -0.25) is 4.90 Å². The van der Waals surface area contributed by atoms with E-state index in [1.54, 1.807) is 4.90 Å². The van der Waals surface area contributed by atoms with Gasteiger partial charge in [-0.25, -0.2) is 0 Å². The highest BCUT2D eigenvalue weighted by atomic mass is 16.3. The summed E-state index contributed by atoms with van der Waals surface area (Å²) < 4.78 is 0. The number of hydrogen-bond donors (Lipinski definition) is 4. The molecule has 78 valence electrons. The molecule has 1 aliphatic heterocycles. The highest BCUT2D eigenvalue weighted by Gasteiger charge is 2.34. The van der Waals surface area contributed by atoms with Gasteiger partial charge in [0, 0.05) is 13.1 Å². The molecule has 0 spiro atoms. The van der Waals surface area contributed by atoms with Gasteiger partial charge in [0.05, 0.1) is 31.5 Å². The predicted molar refractivity (Wildman–Crippen MR) is 46.2 cm³/mol. The largest absolute Gasteiger partial charge is 0.395 e. The maximum absolute atomic E-state index is 9.50. The quantitative estimate of drug-likeness (QED) is 0.405. The monoisotopic (exact) mass is 191 g/mol. The number of β-amino-alcohol motifs (C(OH)–C–C–N with tert-alkyl or cyclic N) is 1. The number of piperidine rings is 1. The number of rotatable bonds is 3. The SMILES string of the molecule is OCCN1CC[C@H](O)[C@H](O)[C@H]1CO. The van der Waals surface area contributed by atoms with E-state index in [1.165, 1.54) is 0 Å². The minimum Gasteiger partial charge on any atom is -0.395 e. The molecule has 1 saturated heterocycles. The topological polar surface area (TPSA) is 84.2 Å². The Balaban J connectivity index is 2.55. The Morgan fingerprint density at radius 3 is 2.46 bits per heavy atom. The summed E-state index contributed by atoms with van der Waals surface area (Å²) in [5.41, 5.74) is 0. The first kappa shape index (κ1) is 10.9. The van der Waals surface area contributed by atoms with Gasteiger partial charge in [0.2, 0.25) is 0 Å². The van der Waals surface area contributed by atoms with Gasteiger partial charge >= 0.3 is 0 Å². The Morgan fingerprint density at radius 2 is 1.92 bits per heavy atom. The van der Waals surface area contributed by atoms with Gasteiger partial charge in [-0.2, -0.15) is 0 Å². The Hall–Kier alpha value is -0.200. The molecule has 0 saturated carbocycles. The van der Waals surface area contributed by atoms with Crippen LogP contribution >= 0.6 is 0 Å². The molecular formula is C8H17NO4. The number of hydrogen-bond acceptors (Lipinski definition) is 5. The van der Waals surface area contributed by atoms with Crippen LogP contribution in [0.25, 0.3) is 0 Å². The van der Waals surface area contributed by atoms with Crippen molar-refractivity contribution >= 4 is 0 Å². The molecule has 13 heavy (non-hydrogen) atoms. The third-order valence-electron chi connectivity index (χ3n) is 2.54. The fourth-order valence-electron chi connectivity index (χ4n) is 1.74. The molecule has 1 aliphatic rings. The van der Waals surface area contributed by atoms with Crippen molar-refractivity contribution in [2.24, 2.45) is 0 Å². The molecule has 0 aromatic heterocycles. The summed E-state index contributed by atoms with van der Waals surface area (Å²) in [7, 11) is 0. The van der Waals surface area contributed by atoms with E-state index in [4.69, 9.17) is 10.2 Å². The second-order valence-electron chi connectivity index (χ2n) is 3.36. The van der Waals surface area contributed by atoms with Gasteiger partial charge in [-0.1, -0.05) is 0 Å². The maximum atomic E-state index is 9.50. The van der Waals surface area contributed by atoms with Crippen LogP contribution in [0.5, 0.6) is 0 Å². The summed E-state index contributed by atoms with van der Waals surface area (Å²) >= 11 is 0. The van der Waals surface area contributed by atoms with E-state index < -0.39 is 18.2 Å². The van der Waals surface area contributed by atoms with Crippen molar-refractivity contribution in [1.82, 2.24) is 4.90 Å². The molecule has 1 heterocycles. The summed E-state index contributed by atoms with van der Waals surface area (Å²) in [5, 5.41) is 36.5. The van der Waals surface area contributed by atoms with Crippen LogP contribution in [-0.4, -0.2) is 69.9 Å². The standard InChI is InChI=1S/C8H17NO4/c10-4-3-9-2-1-7(12)8(13)6(9)5-11/h6-8,10-13H,1-5H2/t6-,7+,8-/m1/s1. The van der Waals surface area contributed by atoms with Crippen LogP contribution in [0.3, 0.4) is 0 Å². The lowest BCUT2D eigenvalue weighted by molar-refractivity contribution is -0.0918. The highest BCUT2D eigenvalue weighted by Crippen LogP contribution is 2.17. The zero-order chi connectivity index (χ0) is 9.84. The van der Waals surface area contributed by atoms with Crippen molar-refractivity contribution in [3.63, 3.8) is 0 Å².